The van der Waals surface area contributed by atoms with Crippen LogP contribution < -0.4 is 5.32 Å². The maximum absolute atomic E-state index is 5.93. The summed E-state index contributed by atoms with van der Waals surface area (Å²) in [5, 5.41) is 3.97. The Morgan fingerprint density at radius 3 is 2.76 bits per heavy atom. The Balaban J connectivity index is 2.21. The molecule has 0 aromatic heterocycles. The number of rotatable bonds is 3. The summed E-state index contributed by atoms with van der Waals surface area (Å²) in [6.07, 6.45) is 0.194. The molecular formula is C13H19ClN2O. The van der Waals surface area contributed by atoms with E-state index in [-0.39, 0.29) is 6.10 Å². The van der Waals surface area contributed by atoms with Crippen LogP contribution in [-0.4, -0.2) is 44.8 Å². The second kappa shape index (κ2) is 5.83. The van der Waals surface area contributed by atoms with E-state index in [0.29, 0.717) is 6.04 Å². The molecule has 0 spiro atoms. The first kappa shape index (κ1) is 12.8. The molecule has 0 bridgehead atoms. The topological polar surface area (TPSA) is 24.5 Å². The van der Waals surface area contributed by atoms with Crippen molar-refractivity contribution in [1.29, 1.82) is 0 Å². The molecule has 0 radical (unpaired) electrons. The van der Waals surface area contributed by atoms with E-state index in [1.165, 1.54) is 5.56 Å². The molecule has 1 N–H and O–H groups in total. The van der Waals surface area contributed by atoms with E-state index in [4.69, 9.17) is 16.3 Å². The third-order valence-electron chi connectivity index (χ3n) is 3.22. The Kier molecular flexibility index (Phi) is 4.40. The lowest BCUT2D eigenvalue weighted by Gasteiger charge is -2.39. The van der Waals surface area contributed by atoms with Gasteiger partial charge in [-0.1, -0.05) is 23.7 Å². The Bertz CT molecular complexity index is 353. The first-order valence-electron chi connectivity index (χ1n) is 5.94. The van der Waals surface area contributed by atoms with Crippen molar-refractivity contribution in [3.8, 4) is 0 Å². The maximum atomic E-state index is 5.93. The van der Waals surface area contributed by atoms with Crippen LogP contribution in [0.15, 0.2) is 24.3 Å². The molecule has 0 saturated carbocycles. The van der Waals surface area contributed by atoms with Crippen LogP contribution in [0.2, 0.25) is 5.02 Å². The third-order valence-corrected chi connectivity index (χ3v) is 3.47. The summed E-state index contributed by atoms with van der Waals surface area (Å²) in [5.74, 6) is 0. The molecule has 94 valence electrons. The van der Waals surface area contributed by atoms with Crippen molar-refractivity contribution in [2.24, 2.45) is 0 Å². The molecule has 1 saturated heterocycles. The Hall–Kier alpha value is -0.610. The highest BCUT2D eigenvalue weighted by Crippen LogP contribution is 2.28. The number of morpholine rings is 1. The van der Waals surface area contributed by atoms with E-state index in [9.17, 15) is 0 Å². The minimum Gasteiger partial charge on any atom is -0.374 e. The van der Waals surface area contributed by atoms with Gasteiger partial charge in [-0.2, -0.15) is 0 Å². The van der Waals surface area contributed by atoms with Crippen LogP contribution in [0.5, 0.6) is 0 Å². The molecule has 4 heteroatoms. The monoisotopic (exact) mass is 254 g/mol. The third kappa shape index (κ3) is 2.99. The molecule has 3 nitrogen and oxygen atoms in total. The second-order valence-electron chi connectivity index (χ2n) is 4.44. The number of nitrogens with one attached hydrogen (secondary N) is 1. The summed E-state index contributed by atoms with van der Waals surface area (Å²) in [6, 6.07) is 8.35. The van der Waals surface area contributed by atoms with Gasteiger partial charge >= 0.3 is 0 Å². The molecule has 2 rings (SSSR count). The molecule has 2 atom stereocenters. The maximum Gasteiger partial charge on any atom is 0.0896 e. The van der Waals surface area contributed by atoms with Gasteiger partial charge in [-0.05, 0) is 31.8 Å². The number of benzene rings is 1. The van der Waals surface area contributed by atoms with E-state index in [0.717, 1.165) is 24.7 Å². The lowest BCUT2D eigenvalue weighted by Crippen LogP contribution is -2.46. The van der Waals surface area contributed by atoms with Crippen LogP contribution in [0.25, 0.3) is 0 Å². The zero-order valence-corrected chi connectivity index (χ0v) is 11.1. The smallest absolute Gasteiger partial charge is 0.0896 e. The molecule has 0 amide bonds. The quantitative estimate of drug-likeness (QED) is 0.892. The average Bonchev–Trinajstić information content (AvgIpc) is 2.32. The summed E-state index contributed by atoms with van der Waals surface area (Å²) in [4.78, 5) is 2.34. The first-order valence-corrected chi connectivity index (χ1v) is 6.32. The predicted octanol–water partition coefficient (Wildman–Crippen LogP) is 1.93. The van der Waals surface area contributed by atoms with Crippen LogP contribution >= 0.6 is 11.6 Å². The summed E-state index contributed by atoms with van der Waals surface area (Å²) >= 11 is 5.93. The number of hydrogen-bond acceptors (Lipinski definition) is 3. The highest BCUT2D eigenvalue weighted by atomic mass is 35.5. The van der Waals surface area contributed by atoms with E-state index >= 15 is 0 Å². The van der Waals surface area contributed by atoms with Crippen LogP contribution in [-0.2, 0) is 4.74 Å². The van der Waals surface area contributed by atoms with Gasteiger partial charge in [0.15, 0.2) is 0 Å². The minimum atomic E-state index is 0.194. The van der Waals surface area contributed by atoms with Crippen LogP contribution in [0, 0.1) is 0 Å². The summed E-state index contributed by atoms with van der Waals surface area (Å²) in [5.41, 5.74) is 1.26. The van der Waals surface area contributed by atoms with Gasteiger partial charge in [-0.3, -0.25) is 4.90 Å². The van der Waals surface area contributed by atoms with Crippen LogP contribution in [0.3, 0.4) is 0 Å². The molecule has 17 heavy (non-hydrogen) atoms. The molecule has 2 unspecified atom stereocenters. The van der Waals surface area contributed by atoms with Crippen molar-refractivity contribution >= 4 is 11.6 Å². The standard InChI is InChI=1S/C13H19ClN2O/c1-15-9-12-13(16(2)7-8-17-12)10-3-5-11(14)6-4-10/h3-6,12-13,15H,7-9H2,1-2H3. The van der Waals surface area contributed by atoms with Crippen molar-refractivity contribution in [3.63, 3.8) is 0 Å². The van der Waals surface area contributed by atoms with Gasteiger partial charge in [-0.15, -0.1) is 0 Å². The number of halogens is 1. The van der Waals surface area contributed by atoms with Crippen molar-refractivity contribution in [3.05, 3.63) is 34.9 Å². The van der Waals surface area contributed by atoms with E-state index < -0.39 is 0 Å². The van der Waals surface area contributed by atoms with Crippen molar-refractivity contribution in [2.75, 3.05) is 33.8 Å². The van der Waals surface area contributed by atoms with Gasteiger partial charge in [0.25, 0.3) is 0 Å². The fraction of sp³-hybridized carbons (Fsp3) is 0.538. The fourth-order valence-electron chi connectivity index (χ4n) is 2.36. The molecule has 1 heterocycles. The first-order chi connectivity index (χ1) is 8.22. The number of hydrogen-bond donors (Lipinski definition) is 1. The van der Waals surface area contributed by atoms with Gasteiger partial charge < -0.3 is 10.1 Å². The Morgan fingerprint density at radius 1 is 1.41 bits per heavy atom. The molecule has 1 aliphatic rings. The summed E-state index contributed by atoms with van der Waals surface area (Å²) < 4.78 is 5.85. The zero-order valence-electron chi connectivity index (χ0n) is 10.3. The molecular weight excluding hydrogens is 236 g/mol. The van der Waals surface area contributed by atoms with Gasteiger partial charge in [0.05, 0.1) is 18.8 Å². The SMILES string of the molecule is CNCC1OCCN(C)C1c1ccc(Cl)cc1. The molecule has 0 aliphatic carbocycles. The van der Waals surface area contributed by atoms with Gasteiger partial charge in [0.1, 0.15) is 0 Å². The molecule has 1 aromatic rings. The highest BCUT2D eigenvalue weighted by Gasteiger charge is 2.30. The highest BCUT2D eigenvalue weighted by molar-refractivity contribution is 6.30. The Labute approximate surface area is 108 Å². The van der Waals surface area contributed by atoms with Crippen LogP contribution in [0.4, 0.5) is 0 Å². The molecule has 1 fully saturated rings. The van der Waals surface area contributed by atoms with Crippen molar-refractivity contribution in [2.45, 2.75) is 12.1 Å². The lowest BCUT2D eigenvalue weighted by molar-refractivity contribution is -0.0606. The van der Waals surface area contributed by atoms with Crippen molar-refractivity contribution < 1.29 is 4.74 Å². The summed E-state index contributed by atoms with van der Waals surface area (Å²) in [7, 11) is 4.10. The molecule has 1 aromatic carbocycles. The summed E-state index contributed by atoms with van der Waals surface area (Å²) in [6.45, 7) is 2.62. The average molecular weight is 255 g/mol. The Morgan fingerprint density at radius 2 is 2.12 bits per heavy atom. The minimum absolute atomic E-state index is 0.194. The normalized spacial score (nSPS) is 26.1. The van der Waals surface area contributed by atoms with Crippen molar-refractivity contribution in [1.82, 2.24) is 10.2 Å². The zero-order chi connectivity index (χ0) is 12.3. The van der Waals surface area contributed by atoms with Gasteiger partial charge in [0, 0.05) is 18.1 Å². The predicted molar refractivity (Wildman–Crippen MR) is 70.5 cm³/mol. The number of nitrogens with zero attached hydrogens (tertiary/aromatic N) is 1. The molecule has 1 aliphatic heterocycles. The number of ether oxygens (including phenoxy) is 1. The van der Waals surface area contributed by atoms with E-state index in [2.05, 4.69) is 29.4 Å². The largest absolute Gasteiger partial charge is 0.374 e. The van der Waals surface area contributed by atoms with E-state index in [1.807, 2.05) is 19.2 Å². The van der Waals surface area contributed by atoms with E-state index in [1.54, 1.807) is 0 Å². The fourth-order valence-corrected chi connectivity index (χ4v) is 2.49. The second-order valence-corrected chi connectivity index (χ2v) is 4.88. The lowest BCUT2D eigenvalue weighted by atomic mass is 9.98. The number of likely N-dealkylation sites (N-methyl/N-ethyl adjacent to an activating group) is 2. The van der Waals surface area contributed by atoms with Gasteiger partial charge in [0.2, 0.25) is 0 Å². The van der Waals surface area contributed by atoms with Crippen LogP contribution in [0.1, 0.15) is 11.6 Å². The van der Waals surface area contributed by atoms with Gasteiger partial charge in [-0.25, -0.2) is 0 Å².